The van der Waals surface area contributed by atoms with Crippen molar-refractivity contribution < 1.29 is 17.9 Å². The van der Waals surface area contributed by atoms with Crippen molar-refractivity contribution in [3.8, 4) is 17.1 Å². The highest BCUT2D eigenvalue weighted by molar-refractivity contribution is 5.82. The molecule has 31 heavy (non-hydrogen) atoms. The average Bonchev–Trinajstić information content (AvgIpc) is 2.78. The Hall–Kier alpha value is -3.68. The summed E-state index contributed by atoms with van der Waals surface area (Å²) in [5.41, 5.74) is -0.626. The molecule has 0 amide bonds. The van der Waals surface area contributed by atoms with Crippen molar-refractivity contribution in [2.45, 2.75) is 19.1 Å². The number of halogens is 3. The van der Waals surface area contributed by atoms with Gasteiger partial charge in [0, 0.05) is 12.7 Å². The smallest absolute Gasteiger partial charge is 0.434 e. The molecule has 0 unspecified atom stereocenters. The lowest BCUT2D eigenvalue weighted by atomic mass is 10.1. The molecule has 0 atom stereocenters. The SMILES string of the molecule is COc1ccccc1-c1nc2ccnc(C(F)(F)F)c2c(=O)n1CCc1ccccc1. The number of fused-ring (bicyclic) bond motifs is 1. The monoisotopic (exact) mass is 425 g/mol. The lowest BCUT2D eigenvalue weighted by Crippen LogP contribution is -2.27. The quantitative estimate of drug-likeness (QED) is 0.464. The minimum atomic E-state index is -4.77. The van der Waals surface area contributed by atoms with Crippen molar-refractivity contribution >= 4 is 10.9 Å². The number of hydrogen-bond donors (Lipinski definition) is 0. The number of nitrogens with zero attached hydrogens (tertiary/aromatic N) is 3. The molecule has 0 radical (unpaired) electrons. The Morgan fingerprint density at radius 1 is 1.00 bits per heavy atom. The van der Waals surface area contributed by atoms with Crippen LogP contribution < -0.4 is 10.3 Å². The van der Waals surface area contributed by atoms with E-state index in [9.17, 15) is 18.0 Å². The highest BCUT2D eigenvalue weighted by Gasteiger charge is 2.36. The van der Waals surface area contributed by atoms with E-state index in [0.717, 1.165) is 11.8 Å². The zero-order chi connectivity index (χ0) is 22.0. The number of pyridine rings is 1. The van der Waals surface area contributed by atoms with Gasteiger partial charge in [0.1, 0.15) is 11.6 Å². The van der Waals surface area contributed by atoms with Gasteiger partial charge < -0.3 is 4.74 Å². The molecule has 158 valence electrons. The first-order valence-corrected chi connectivity index (χ1v) is 9.54. The number of alkyl halides is 3. The van der Waals surface area contributed by atoms with Crippen LogP contribution in [0.25, 0.3) is 22.3 Å². The van der Waals surface area contributed by atoms with Gasteiger partial charge in [-0.2, -0.15) is 13.2 Å². The fourth-order valence-electron chi connectivity index (χ4n) is 3.50. The van der Waals surface area contributed by atoms with Crippen molar-refractivity contribution in [1.82, 2.24) is 14.5 Å². The second kappa shape index (κ2) is 8.22. The molecule has 0 aliphatic heterocycles. The Labute approximate surface area is 175 Å². The minimum absolute atomic E-state index is 0.0656. The van der Waals surface area contributed by atoms with E-state index in [1.807, 2.05) is 30.3 Å². The van der Waals surface area contributed by atoms with Crippen LogP contribution >= 0.6 is 0 Å². The topological polar surface area (TPSA) is 57.0 Å². The molecule has 2 heterocycles. The van der Waals surface area contributed by atoms with Crippen molar-refractivity contribution in [3.63, 3.8) is 0 Å². The van der Waals surface area contributed by atoms with E-state index in [4.69, 9.17) is 4.74 Å². The second-order valence-corrected chi connectivity index (χ2v) is 6.88. The first-order chi connectivity index (χ1) is 14.9. The molecular formula is C23H18F3N3O2. The maximum atomic E-state index is 13.6. The Balaban J connectivity index is 1.98. The first-order valence-electron chi connectivity index (χ1n) is 9.54. The molecule has 2 aromatic carbocycles. The number of rotatable bonds is 5. The molecule has 0 saturated carbocycles. The third-order valence-electron chi connectivity index (χ3n) is 4.95. The van der Waals surface area contributed by atoms with Gasteiger partial charge in [-0.1, -0.05) is 42.5 Å². The molecule has 0 fully saturated rings. The summed E-state index contributed by atoms with van der Waals surface area (Å²) < 4.78 is 47.4. The maximum absolute atomic E-state index is 13.6. The standard InChI is InChI=1S/C23H18F3N3O2/c1-31-18-10-6-5-9-16(18)21-28-17-11-13-27-20(23(24,25)26)19(17)22(30)29(21)14-12-15-7-3-2-4-8-15/h2-11,13H,12,14H2,1H3. The fourth-order valence-corrected chi connectivity index (χ4v) is 3.50. The molecule has 0 N–H and O–H groups in total. The highest BCUT2D eigenvalue weighted by Crippen LogP contribution is 2.33. The highest BCUT2D eigenvalue weighted by atomic mass is 19.4. The third kappa shape index (κ3) is 4.01. The summed E-state index contributed by atoms with van der Waals surface area (Å²) in [6.07, 6.45) is -3.32. The fraction of sp³-hybridized carbons (Fsp3) is 0.174. The predicted molar refractivity (Wildman–Crippen MR) is 111 cm³/mol. The third-order valence-corrected chi connectivity index (χ3v) is 4.95. The molecule has 0 spiro atoms. The molecule has 0 aliphatic rings. The van der Waals surface area contributed by atoms with E-state index in [1.54, 1.807) is 24.3 Å². The minimum Gasteiger partial charge on any atom is -0.496 e. The van der Waals surface area contributed by atoms with Crippen LogP contribution in [0, 0.1) is 0 Å². The summed E-state index contributed by atoms with van der Waals surface area (Å²) in [7, 11) is 1.48. The van der Waals surface area contributed by atoms with Gasteiger partial charge in [-0.15, -0.1) is 0 Å². The van der Waals surface area contributed by atoms with E-state index >= 15 is 0 Å². The number of methoxy groups -OCH3 is 1. The van der Waals surface area contributed by atoms with Crippen molar-refractivity contribution in [3.05, 3.63) is 88.5 Å². The summed E-state index contributed by atoms with van der Waals surface area (Å²) >= 11 is 0. The molecule has 8 heteroatoms. The first kappa shape index (κ1) is 20.6. The van der Waals surface area contributed by atoms with Crippen LogP contribution in [0.15, 0.2) is 71.7 Å². The second-order valence-electron chi connectivity index (χ2n) is 6.88. The maximum Gasteiger partial charge on any atom is 0.434 e. The molecule has 4 rings (SSSR count). The van der Waals surface area contributed by atoms with Crippen LogP contribution in [0.4, 0.5) is 13.2 Å². The van der Waals surface area contributed by atoms with Crippen molar-refractivity contribution in [2.75, 3.05) is 7.11 Å². The number of ether oxygens (including phenoxy) is 1. The van der Waals surface area contributed by atoms with Crippen LogP contribution in [-0.4, -0.2) is 21.6 Å². The number of aryl methyl sites for hydroxylation is 1. The number of hydrogen-bond acceptors (Lipinski definition) is 4. The zero-order valence-corrected chi connectivity index (χ0v) is 16.6. The summed E-state index contributed by atoms with van der Waals surface area (Å²) in [5, 5.41) is -0.540. The summed E-state index contributed by atoms with van der Waals surface area (Å²) in [6.45, 7) is 0.144. The summed E-state index contributed by atoms with van der Waals surface area (Å²) in [4.78, 5) is 21.2. The van der Waals surface area contributed by atoms with E-state index < -0.39 is 22.8 Å². The van der Waals surface area contributed by atoms with Crippen LogP contribution in [0.1, 0.15) is 11.3 Å². The molecule has 0 aliphatic carbocycles. The van der Waals surface area contributed by atoms with Gasteiger partial charge in [0.25, 0.3) is 5.56 Å². The van der Waals surface area contributed by atoms with E-state index in [2.05, 4.69) is 9.97 Å². The van der Waals surface area contributed by atoms with Gasteiger partial charge in [0.05, 0.1) is 23.6 Å². The predicted octanol–water partition coefficient (Wildman–Crippen LogP) is 4.73. The van der Waals surface area contributed by atoms with Gasteiger partial charge in [-0.25, -0.2) is 4.98 Å². The average molecular weight is 425 g/mol. The molecule has 0 bridgehead atoms. The lowest BCUT2D eigenvalue weighted by Gasteiger charge is -2.17. The largest absolute Gasteiger partial charge is 0.496 e. The van der Waals surface area contributed by atoms with E-state index in [0.29, 0.717) is 17.7 Å². The van der Waals surface area contributed by atoms with Crippen molar-refractivity contribution in [1.29, 1.82) is 0 Å². The van der Waals surface area contributed by atoms with E-state index in [-0.39, 0.29) is 17.9 Å². The lowest BCUT2D eigenvalue weighted by molar-refractivity contribution is -0.139. The summed E-state index contributed by atoms with van der Waals surface area (Å²) in [5.74, 6) is 0.706. The van der Waals surface area contributed by atoms with Crippen LogP contribution in [0.5, 0.6) is 5.75 Å². The Bertz CT molecular complexity index is 1280. The van der Waals surface area contributed by atoms with Gasteiger partial charge in [-0.05, 0) is 30.2 Å². The van der Waals surface area contributed by atoms with Gasteiger partial charge in [-0.3, -0.25) is 14.3 Å². The molecule has 0 saturated heterocycles. The van der Waals surface area contributed by atoms with Crippen LogP contribution in [-0.2, 0) is 19.1 Å². The van der Waals surface area contributed by atoms with Crippen molar-refractivity contribution in [2.24, 2.45) is 0 Å². The number of benzene rings is 2. The normalized spacial score (nSPS) is 11.6. The van der Waals surface area contributed by atoms with Crippen LogP contribution in [0.2, 0.25) is 0 Å². The Morgan fingerprint density at radius 3 is 2.42 bits per heavy atom. The Kier molecular flexibility index (Phi) is 5.46. The molecule has 5 nitrogen and oxygen atoms in total. The van der Waals surface area contributed by atoms with Crippen LogP contribution in [0.3, 0.4) is 0 Å². The van der Waals surface area contributed by atoms with Gasteiger partial charge in [0.2, 0.25) is 0 Å². The van der Waals surface area contributed by atoms with E-state index in [1.165, 1.54) is 17.7 Å². The van der Waals surface area contributed by atoms with Gasteiger partial charge in [0.15, 0.2) is 5.69 Å². The Morgan fingerprint density at radius 2 is 1.71 bits per heavy atom. The van der Waals surface area contributed by atoms with Gasteiger partial charge >= 0.3 is 6.18 Å². The number of aromatic nitrogens is 3. The molecular weight excluding hydrogens is 407 g/mol. The molecule has 4 aromatic rings. The summed E-state index contributed by atoms with van der Waals surface area (Å²) in [6, 6.07) is 17.6. The zero-order valence-electron chi connectivity index (χ0n) is 16.6. The molecule has 2 aromatic heterocycles. The number of para-hydroxylation sites is 1.